The van der Waals surface area contributed by atoms with Gasteiger partial charge in [-0.1, -0.05) is 32.9 Å². The maximum absolute atomic E-state index is 12.9. The Morgan fingerprint density at radius 2 is 1.64 bits per heavy atom. The molecule has 1 amide bonds. The van der Waals surface area contributed by atoms with E-state index in [0.29, 0.717) is 18.7 Å². The number of pyridine rings is 1. The van der Waals surface area contributed by atoms with E-state index in [1.165, 1.54) is 10.5 Å². The molecule has 0 saturated carbocycles. The summed E-state index contributed by atoms with van der Waals surface area (Å²) in [6.07, 6.45) is 3.14. The molecule has 1 aromatic heterocycles. The van der Waals surface area contributed by atoms with Crippen molar-refractivity contribution >= 4 is 31.9 Å². The van der Waals surface area contributed by atoms with Crippen molar-refractivity contribution in [3.63, 3.8) is 0 Å². The molecule has 0 spiro atoms. The minimum atomic E-state index is -3.57. The zero-order valence-electron chi connectivity index (χ0n) is 16.2. The zero-order valence-corrected chi connectivity index (χ0v) is 18.6. The Balaban J connectivity index is 1.69. The van der Waals surface area contributed by atoms with Gasteiger partial charge < -0.3 is 4.90 Å². The normalized spacial score (nSPS) is 16.2. The van der Waals surface area contributed by atoms with Crippen LogP contribution in [0.3, 0.4) is 0 Å². The molecule has 1 aliphatic rings. The highest BCUT2D eigenvalue weighted by molar-refractivity contribution is 9.10. The number of amides is 1. The maximum Gasteiger partial charge on any atom is 0.255 e. The first-order chi connectivity index (χ1) is 13.1. The van der Waals surface area contributed by atoms with Crippen LogP contribution in [-0.4, -0.2) is 54.7 Å². The van der Waals surface area contributed by atoms with Gasteiger partial charge in [-0.2, -0.15) is 4.31 Å². The molecular weight excluding hydrogens is 442 g/mol. The zero-order chi connectivity index (χ0) is 20.5. The number of sulfonamides is 1. The number of carbonyl (C=O) groups excluding carboxylic acids is 1. The largest absolute Gasteiger partial charge is 0.336 e. The van der Waals surface area contributed by atoms with E-state index in [9.17, 15) is 13.2 Å². The summed E-state index contributed by atoms with van der Waals surface area (Å²) in [5.41, 5.74) is 1.54. The van der Waals surface area contributed by atoms with Crippen LogP contribution in [0.1, 0.15) is 36.7 Å². The molecule has 1 aliphatic heterocycles. The summed E-state index contributed by atoms with van der Waals surface area (Å²) in [6.45, 7) is 7.52. The summed E-state index contributed by atoms with van der Waals surface area (Å²) < 4.78 is 28.1. The molecule has 0 bridgehead atoms. The van der Waals surface area contributed by atoms with Gasteiger partial charge in [-0.15, -0.1) is 0 Å². The van der Waals surface area contributed by atoms with Gasteiger partial charge >= 0.3 is 0 Å². The van der Waals surface area contributed by atoms with Crippen LogP contribution in [0.5, 0.6) is 0 Å². The number of benzene rings is 1. The Kier molecular flexibility index (Phi) is 5.93. The molecular formula is C20H24BrN3O3S. The van der Waals surface area contributed by atoms with Gasteiger partial charge in [-0.3, -0.25) is 9.78 Å². The Bertz CT molecular complexity index is 961. The second kappa shape index (κ2) is 7.93. The first-order valence-corrected chi connectivity index (χ1v) is 11.3. The second-order valence-electron chi connectivity index (χ2n) is 7.86. The Hall–Kier alpha value is -1.77. The minimum Gasteiger partial charge on any atom is -0.336 e. The fraction of sp³-hybridized carbons (Fsp3) is 0.400. The number of piperazine rings is 1. The Morgan fingerprint density at radius 1 is 1.04 bits per heavy atom. The van der Waals surface area contributed by atoms with Crippen LogP contribution >= 0.6 is 15.9 Å². The third kappa shape index (κ3) is 4.45. The highest BCUT2D eigenvalue weighted by Gasteiger charge is 2.30. The highest BCUT2D eigenvalue weighted by Crippen LogP contribution is 2.25. The standard InChI is InChI=1S/C20H24BrN3O3S/c1-20(2,3)16-4-6-18(7-5-16)28(26,27)24-10-8-23(9-11-24)19(25)15-12-17(21)14-22-13-15/h4-7,12-14H,8-11H2,1-3H3. The predicted octanol–water partition coefficient (Wildman–Crippen LogP) is 3.29. The molecule has 1 fully saturated rings. The van der Waals surface area contributed by atoms with Gasteiger partial charge in [0, 0.05) is 43.0 Å². The molecule has 1 saturated heterocycles. The van der Waals surface area contributed by atoms with Crippen molar-refractivity contribution in [2.75, 3.05) is 26.2 Å². The van der Waals surface area contributed by atoms with Gasteiger partial charge in [-0.25, -0.2) is 8.42 Å². The Labute approximate surface area is 174 Å². The number of rotatable bonds is 3. The number of halogens is 1. The third-order valence-electron chi connectivity index (χ3n) is 4.84. The molecule has 2 aromatic rings. The maximum atomic E-state index is 12.9. The topological polar surface area (TPSA) is 70.6 Å². The molecule has 6 nitrogen and oxygen atoms in total. The first kappa shape index (κ1) is 21.0. The average Bonchev–Trinajstić information content (AvgIpc) is 2.67. The molecule has 28 heavy (non-hydrogen) atoms. The van der Waals surface area contributed by atoms with Gasteiger partial charge in [0.25, 0.3) is 5.91 Å². The van der Waals surface area contributed by atoms with Crippen LogP contribution in [0.25, 0.3) is 0 Å². The van der Waals surface area contributed by atoms with Crippen LogP contribution in [0, 0.1) is 0 Å². The monoisotopic (exact) mass is 465 g/mol. The molecule has 1 aromatic carbocycles. The molecule has 0 aliphatic carbocycles. The summed E-state index contributed by atoms with van der Waals surface area (Å²) in [5.74, 6) is -0.139. The molecule has 0 N–H and O–H groups in total. The van der Waals surface area contributed by atoms with E-state index >= 15 is 0 Å². The van der Waals surface area contributed by atoms with Crippen molar-refractivity contribution in [2.24, 2.45) is 0 Å². The van der Waals surface area contributed by atoms with Crippen LogP contribution in [-0.2, 0) is 15.4 Å². The molecule has 0 atom stereocenters. The van der Waals surface area contributed by atoms with Crippen LogP contribution in [0.15, 0.2) is 52.1 Å². The average molecular weight is 466 g/mol. The number of nitrogens with zero attached hydrogens (tertiary/aromatic N) is 3. The van der Waals surface area contributed by atoms with Gasteiger partial charge in [0.15, 0.2) is 0 Å². The fourth-order valence-corrected chi connectivity index (χ4v) is 4.91. The van der Waals surface area contributed by atoms with Gasteiger partial charge in [0.2, 0.25) is 10.0 Å². The summed E-state index contributed by atoms with van der Waals surface area (Å²) >= 11 is 3.31. The quantitative estimate of drug-likeness (QED) is 0.696. The van der Waals surface area contributed by atoms with E-state index < -0.39 is 10.0 Å². The smallest absolute Gasteiger partial charge is 0.255 e. The van der Waals surface area contributed by atoms with Gasteiger partial charge in [0.05, 0.1) is 10.5 Å². The summed E-state index contributed by atoms with van der Waals surface area (Å²) in [7, 11) is -3.57. The fourth-order valence-electron chi connectivity index (χ4n) is 3.12. The lowest BCUT2D eigenvalue weighted by Crippen LogP contribution is -2.50. The Morgan fingerprint density at radius 3 is 2.18 bits per heavy atom. The van der Waals surface area contributed by atoms with E-state index in [-0.39, 0.29) is 29.3 Å². The molecule has 0 radical (unpaired) electrons. The molecule has 0 unspecified atom stereocenters. The second-order valence-corrected chi connectivity index (χ2v) is 10.7. The van der Waals surface area contributed by atoms with Crippen LogP contribution < -0.4 is 0 Å². The molecule has 3 rings (SSSR count). The number of carbonyl (C=O) groups is 1. The predicted molar refractivity (Wildman–Crippen MR) is 112 cm³/mol. The molecule has 150 valence electrons. The molecule has 8 heteroatoms. The lowest BCUT2D eigenvalue weighted by molar-refractivity contribution is 0.0697. The van der Waals surface area contributed by atoms with Gasteiger partial charge in [-0.05, 0) is 45.1 Å². The number of hydrogen-bond acceptors (Lipinski definition) is 4. The van der Waals surface area contributed by atoms with E-state index in [2.05, 4.69) is 41.7 Å². The van der Waals surface area contributed by atoms with E-state index in [1.807, 2.05) is 12.1 Å². The molecule has 2 heterocycles. The van der Waals surface area contributed by atoms with Crippen LogP contribution in [0.2, 0.25) is 0 Å². The number of aromatic nitrogens is 1. The van der Waals surface area contributed by atoms with Crippen LogP contribution in [0.4, 0.5) is 0 Å². The lowest BCUT2D eigenvalue weighted by atomic mass is 9.87. The van der Waals surface area contributed by atoms with E-state index in [1.54, 1.807) is 29.3 Å². The first-order valence-electron chi connectivity index (χ1n) is 9.09. The summed E-state index contributed by atoms with van der Waals surface area (Å²) in [4.78, 5) is 18.6. The van der Waals surface area contributed by atoms with Crippen molar-refractivity contribution < 1.29 is 13.2 Å². The third-order valence-corrected chi connectivity index (χ3v) is 7.18. The highest BCUT2D eigenvalue weighted by atomic mass is 79.9. The summed E-state index contributed by atoms with van der Waals surface area (Å²) in [6, 6.07) is 8.79. The van der Waals surface area contributed by atoms with Gasteiger partial charge in [0.1, 0.15) is 0 Å². The minimum absolute atomic E-state index is 0.0322. The van der Waals surface area contributed by atoms with E-state index in [4.69, 9.17) is 0 Å². The summed E-state index contributed by atoms with van der Waals surface area (Å²) in [5, 5.41) is 0. The van der Waals surface area contributed by atoms with Crippen molar-refractivity contribution in [2.45, 2.75) is 31.1 Å². The van der Waals surface area contributed by atoms with Crippen molar-refractivity contribution in [3.8, 4) is 0 Å². The van der Waals surface area contributed by atoms with E-state index in [0.717, 1.165) is 10.0 Å². The SMILES string of the molecule is CC(C)(C)c1ccc(S(=O)(=O)N2CCN(C(=O)c3cncc(Br)c3)CC2)cc1. The lowest BCUT2D eigenvalue weighted by Gasteiger charge is -2.34. The van der Waals surface area contributed by atoms with Crippen molar-refractivity contribution in [1.82, 2.24) is 14.2 Å². The van der Waals surface area contributed by atoms with Crippen molar-refractivity contribution in [3.05, 3.63) is 58.3 Å². The van der Waals surface area contributed by atoms with Crippen molar-refractivity contribution in [1.29, 1.82) is 0 Å². The number of hydrogen-bond donors (Lipinski definition) is 0.